The molecule has 2 aliphatic rings. The highest BCUT2D eigenvalue weighted by atomic mass is 32.1. The van der Waals surface area contributed by atoms with Crippen LogP contribution in [0.5, 0.6) is 11.5 Å². The zero-order chi connectivity index (χ0) is 23.5. The van der Waals surface area contributed by atoms with Crippen molar-refractivity contribution in [2.24, 2.45) is 0 Å². The first-order valence-corrected chi connectivity index (χ1v) is 12.2. The van der Waals surface area contributed by atoms with Gasteiger partial charge in [0.15, 0.2) is 16.5 Å². The molecule has 2 aromatic carbocycles. The number of carbonyl (C=O) groups excluding carboxylic acids is 2. The first-order chi connectivity index (χ1) is 16.6. The minimum absolute atomic E-state index is 0.0458. The molecule has 1 aromatic heterocycles. The van der Waals surface area contributed by atoms with Gasteiger partial charge >= 0.3 is 0 Å². The number of thiazole rings is 1. The Morgan fingerprint density at radius 3 is 2.82 bits per heavy atom. The number of hydrogen-bond donors (Lipinski definition) is 2. The van der Waals surface area contributed by atoms with Gasteiger partial charge in [0.1, 0.15) is 13.2 Å². The number of anilines is 1. The quantitative estimate of drug-likeness (QED) is 0.507. The smallest absolute Gasteiger partial charge is 0.287 e. The Labute approximate surface area is 201 Å². The zero-order valence-electron chi connectivity index (χ0n) is 18.9. The lowest BCUT2D eigenvalue weighted by atomic mass is 9.97. The number of nitrogens with one attached hydrogen (secondary N) is 2. The van der Waals surface area contributed by atoms with Gasteiger partial charge in [0.2, 0.25) is 5.91 Å². The number of amides is 2. The van der Waals surface area contributed by atoms with Crippen molar-refractivity contribution < 1.29 is 19.1 Å². The predicted molar refractivity (Wildman–Crippen MR) is 131 cm³/mol. The van der Waals surface area contributed by atoms with Crippen molar-refractivity contribution in [3.8, 4) is 22.6 Å². The lowest BCUT2D eigenvalue weighted by molar-refractivity contribution is -0.118. The molecule has 0 fully saturated rings. The van der Waals surface area contributed by atoms with Gasteiger partial charge in [-0.1, -0.05) is 18.2 Å². The fraction of sp³-hybridized carbons (Fsp3) is 0.320. The van der Waals surface area contributed by atoms with Crippen molar-refractivity contribution >= 4 is 28.8 Å². The third kappa shape index (κ3) is 4.62. The first-order valence-electron chi connectivity index (χ1n) is 11.3. The Balaban J connectivity index is 1.29. The highest BCUT2D eigenvalue weighted by Gasteiger charge is 2.29. The Bertz CT molecular complexity index is 1230. The monoisotopic (exact) mass is 478 g/mol. The van der Waals surface area contributed by atoms with Gasteiger partial charge in [0.05, 0.1) is 0 Å². The van der Waals surface area contributed by atoms with Crippen molar-refractivity contribution in [3.05, 3.63) is 58.0 Å². The number of nitrogens with zero attached hydrogens (tertiary/aromatic N) is 2. The summed E-state index contributed by atoms with van der Waals surface area (Å²) in [5, 5.41) is 6.48. The summed E-state index contributed by atoms with van der Waals surface area (Å²) < 4.78 is 11.4. The number of benzene rings is 2. The van der Waals surface area contributed by atoms with Crippen LogP contribution in [0.3, 0.4) is 0 Å². The van der Waals surface area contributed by atoms with E-state index in [2.05, 4.69) is 21.7 Å². The Kier molecular flexibility index (Phi) is 6.46. The molecule has 3 aromatic rings. The molecule has 176 valence electrons. The minimum atomic E-state index is -0.0763. The molecular weight excluding hydrogens is 452 g/mol. The molecule has 2 amide bonds. The van der Waals surface area contributed by atoms with Gasteiger partial charge in [0, 0.05) is 49.9 Å². The van der Waals surface area contributed by atoms with Gasteiger partial charge in [-0.05, 0) is 41.3 Å². The molecule has 2 aliphatic heterocycles. The van der Waals surface area contributed by atoms with E-state index in [1.165, 1.54) is 18.3 Å². The lowest BCUT2D eigenvalue weighted by Crippen LogP contribution is -2.29. The number of carbonyl (C=O) groups is 2. The van der Waals surface area contributed by atoms with Gasteiger partial charge in [-0.15, -0.1) is 11.3 Å². The summed E-state index contributed by atoms with van der Waals surface area (Å²) in [5.41, 5.74) is 4.25. The van der Waals surface area contributed by atoms with Crippen LogP contribution in [-0.2, 0) is 17.8 Å². The summed E-state index contributed by atoms with van der Waals surface area (Å²) in [6.07, 6.45) is 2.53. The van der Waals surface area contributed by atoms with Crippen molar-refractivity contribution in [1.29, 1.82) is 0 Å². The van der Waals surface area contributed by atoms with E-state index in [-0.39, 0.29) is 11.8 Å². The maximum absolute atomic E-state index is 13.3. The maximum Gasteiger partial charge on any atom is 0.287 e. The van der Waals surface area contributed by atoms with Crippen LogP contribution in [0.25, 0.3) is 11.1 Å². The number of rotatable bonds is 7. The average molecular weight is 479 g/mol. The molecule has 9 heteroatoms. The van der Waals surface area contributed by atoms with E-state index in [1.807, 2.05) is 35.2 Å². The van der Waals surface area contributed by atoms with Gasteiger partial charge in [-0.2, -0.15) is 0 Å². The third-order valence-corrected chi connectivity index (χ3v) is 6.82. The van der Waals surface area contributed by atoms with Crippen molar-refractivity contribution in [3.63, 3.8) is 0 Å². The molecule has 0 spiro atoms. The van der Waals surface area contributed by atoms with E-state index in [1.54, 1.807) is 6.20 Å². The number of hydrogen-bond acceptors (Lipinski definition) is 7. The molecule has 0 saturated carbocycles. The molecule has 34 heavy (non-hydrogen) atoms. The fourth-order valence-corrected chi connectivity index (χ4v) is 5.10. The van der Waals surface area contributed by atoms with Gasteiger partial charge in [0.25, 0.3) is 5.91 Å². The van der Waals surface area contributed by atoms with Crippen molar-refractivity contribution in [2.75, 3.05) is 37.7 Å². The van der Waals surface area contributed by atoms with Crippen LogP contribution in [0.1, 0.15) is 27.2 Å². The third-order valence-electron chi connectivity index (χ3n) is 5.84. The van der Waals surface area contributed by atoms with Gasteiger partial charge in [-0.25, -0.2) is 4.98 Å². The molecule has 8 nitrogen and oxygen atoms in total. The zero-order valence-corrected chi connectivity index (χ0v) is 19.7. The minimum Gasteiger partial charge on any atom is -0.486 e. The Morgan fingerprint density at radius 2 is 1.97 bits per heavy atom. The summed E-state index contributed by atoms with van der Waals surface area (Å²) in [5.74, 6) is 1.40. The molecule has 0 aliphatic carbocycles. The van der Waals surface area contributed by atoms with Crippen LogP contribution in [0.2, 0.25) is 0 Å². The van der Waals surface area contributed by atoms with Crippen LogP contribution in [0, 0.1) is 0 Å². The summed E-state index contributed by atoms with van der Waals surface area (Å²) >= 11 is 1.40. The molecule has 0 bridgehead atoms. The van der Waals surface area contributed by atoms with Crippen molar-refractivity contribution in [1.82, 2.24) is 15.6 Å². The predicted octanol–water partition coefficient (Wildman–Crippen LogP) is 3.01. The van der Waals surface area contributed by atoms with Gasteiger partial charge in [-0.3, -0.25) is 9.59 Å². The van der Waals surface area contributed by atoms with E-state index in [9.17, 15) is 9.59 Å². The summed E-state index contributed by atoms with van der Waals surface area (Å²) in [4.78, 5) is 31.4. The van der Waals surface area contributed by atoms with Crippen molar-refractivity contribution in [2.45, 2.75) is 19.9 Å². The Morgan fingerprint density at radius 1 is 1.12 bits per heavy atom. The lowest BCUT2D eigenvalue weighted by Gasteiger charge is -2.20. The molecule has 0 saturated heterocycles. The molecule has 0 atom stereocenters. The van der Waals surface area contributed by atoms with E-state index in [0.717, 1.165) is 45.2 Å². The van der Waals surface area contributed by atoms with E-state index < -0.39 is 0 Å². The maximum atomic E-state index is 13.3. The summed E-state index contributed by atoms with van der Waals surface area (Å²) in [6.45, 7) is 5.06. The summed E-state index contributed by atoms with van der Waals surface area (Å²) in [6, 6.07) is 12.1. The molecule has 2 N–H and O–H groups in total. The molecular formula is C25H26N4O4S. The second-order valence-corrected chi connectivity index (χ2v) is 9.28. The van der Waals surface area contributed by atoms with Crippen LogP contribution < -0.4 is 25.0 Å². The first kappa shape index (κ1) is 22.4. The standard InChI is InChI=1S/C25H26N4O4S/c1-16(30)27-9-8-26-14-18-15-28-24(34-18)25(31)29-10-7-20-19(3-2-4-21(20)29)17-5-6-22-23(13-17)33-12-11-32-22/h2-6,13,15,26H,7-12,14H2,1H3,(H,27,30). The van der Waals surface area contributed by atoms with Crippen LogP contribution in [-0.4, -0.2) is 49.6 Å². The molecule has 5 rings (SSSR count). The second kappa shape index (κ2) is 9.82. The number of aromatic nitrogens is 1. The molecule has 3 heterocycles. The number of ether oxygens (including phenoxy) is 2. The fourth-order valence-electron chi connectivity index (χ4n) is 4.27. The summed E-state index contributed by atoms with van der Waals surface area (Å²) in [7, 11) is 0. The number of fused-ring (bicyclic) bond motifs is 2. The van der Waals surface area contributed by atoms with Crippen LogP contribution >= 0.6 is 11.3 Å². The van der Waals surface area contributed by atoms with Gasteiger partial charge < -0.3 is 25.0 Å². The largest absolute Gasteiger partial charge is 0.486 e. The molecule has 0 radical (unpaired) electrons. The highest BCUT2D eigenvalue weighted by Crippen LogP contribution is 2.40. The van der Waals surface area contributed by atoms with E-state index in [4.69, 9.17) is 9.47 Å². The highest BCUT2D eigenvalue weighted by molar-refractivity contribution is 7.13. The van der Waals surface area contributed by atoms with Crippen LogP contribution in [0.15, 0.2) is 42.6 Å². The van der Waals surface area contributed by atoms with E-state index in [0.29, 0.717) is 44.4 Å². The Hall–Kier alpha value is -3.43. The second-order valence-electron chi connectivity index (χ2n) is 8.16. The SMILES string of the molecule is CC(=O)NCCNCc1cnc(C(=O)N2CCc3c(-c4ccc5c(c4)OCCO5)cccc32)s1. The molecule has 0 unspecified atom stereocenters. The van der Waals surface area contributed by atoms with Crippen LogP contribution in [0.4, 0.5) is 5.69 Å². The van der Waals surface area contributed by atoms with E-state index >= 15 is 0 Å². The topological polar surface area (TPSA) is 92.8 Å². The average Bonchev–Trinajstić information content (AvgIpc) is 3.50. The normalized spacial score (nSPS) is 14.1.